The highest BCUT2D eigenvalue weighted by molar-refractivity contribution is 7.85. The van der Waals surface area contributed by atoms with Crippen LogP contribution in [0.1, 0.15) is 27.2 Å². The van der Waals surface area contributed by atoms with Crippen molar-refractivity contribution in [1.29, 1.82) is 0 Å². The van der Waals surface area contributed by atoms with Crippen LogP contribution in [0, 0.1) is 11.8 Å². The number of carbonyl (C=O) groups excluding carboxylic acids is 1. The normalized spacial score (nSPS) is 27.4. The van der Waals surface area contributed by atoms with E-state index in [4.69, 9.17) is 0 Å². The second kappa shape index (κ2) is 6.94. The minimum absolute atomic E-state index is 0.0474. The second-order valence-electron chi connectivity index (χ2n) is 5.06. The SMILES string of the molecule is CC=CCS(=O)CC(=O)N1CC(C)CC(C)C1. The van der Waals surface area contributed by atoms with Gasteiger partial charge in [-0.2, -0.15) is 0 Å². The molecule has 0 bridgehead atoms. The van der Waals surface area contributed by atoms with Gasteiger partial charge >= 0.3 is 0 Å². The number of piperidine rings is 1. The molecule has 4 heteroatoms. The van der Waals surface area contributed by atoms with E-state index in [2.05, 4.69) is 13.8 Å². The van der Waals surface area contributed by atoms with Crippen molar-refractivity contribution in [3.05, 3.63) is 12.2 Å². The smallest absolute Gasteiger partial charge is 0.235 e. The van der Waals surface area contributed by atoms with Gasteiger partial charge in [-0.3, -0.25) is 9.00 Å². The molecule has 98 valence electrons. The number of likely N-dealkylation sites (tertiary alicyclic amines) is 1. The average molecular weight is 257 g/mol. The van der Waals surface area contributed by atoms with E-state index < -0.39 is 10.8 Å². The van der Waals surface area contributed by atoms with Crippen LogP contribution < -0.4 is 0 Å². The molecule has 1 saturated heterocycles. The van der Waals surface area contributed by atoms with Crippen LogP contribution in [0.15, 0.2) is 12.2 Å². The van der Waals surface area contributed by atoms with Gasteiger partial charge < -0.3 is 4.90 Å². The first-order valence-corrected chi connectivity index (χ1v) is 7.75. The van der Waals surface area contributed by atoms with E-state index in [1.54, 1.807) is 0 Å². The molecular weight excluding hydrogens is 234 g/mol. The van der Waals surface area contributed by atoms with Crippen molar-refractivity contribution < 1.29 is 9.00 Å². The maximum atomic E-state index is 12.0. The summed E-state index contributed by atoms with van der Waals surface area (Å²) >= 11 is 0. The Balaban J connectivity index is 2.44. The van der Waals surface area contributed by atoms with Crippen LogP contribution in [-0.4, -0.2) is 39.6 Å². The van der Waals surface area contributed by atoms with Gasteiger partial charge in [0.1, 0.15) is 5.75 Å². The van der Waals surface area contributed by atoms with Crippen LogP contribution in [0.4, 0.5) is 0 Å². The van der Waals surface area contributed by atoms with E-state index in [-0.39, 0.29) is 11.7 Å². The first-order chi connectivity index (χ1) is 8.02. The van der Waals surface area contributed by atoms with E-state index in [1.165, 1.54) is 6.42 Å². The topological polar surface area (TPSA) is 37.4 Å². The molecular formula is C13H23NO2S. The van der Waals surface area contributed by atoms with Gasteiger partial charge in [0.25, 0.3) is 0 Å². The molecule has 0 aromatic rings. The Bertz CT molecular complexity index is 305. The van der Waals surface area contributed by atoms with E-state index in [1.807, 2.05) is 24.0 Å². The third-order valence-electron chi connectivity index (χ3n) is 3.02. The van der Waals surface area contributed by atoms with Gasteiger partial charge in [-0.05, 0) is 25.2 Å². The van der Waals surface area contributed by atoms with E-state index in [0.29, 0.717) is 17.6 Å². The van der Waals surface area contributed by atoms with E-state index in [9.17, 15) is 9.00 Å². The first kappa shape index (κ1) is 14.4. The van der Waals surface area contributed by atoms with Crippen LogP contribution in [-0.2, 0) is 15.6 Å². The molecule has 3 unspecified atom stereocenters. The molecule has 1 heterocycles. The van der Waals surface area contributed by atoms with Gasteiger partial charge in [0.05, 0.1) is 0 Å². The van der Waals surface area contributed by atoms with Gasteiger partial charge in [-0.15, -0.1) is 0 Å². The molecule has 0 spiro atoms. The van der Waals surface area contributed by atoms with Crippen LogP contribution in [0.2, 0.25) is 0 Å². The molecule has 3 nitrogen and oxygen atoms in total. The summed E-state index contributed by atoms with van der Waals surface area (Å²) < 4.78 is 11.6. The Kier molecular flexibility index (Phi) is 5.89. The van der Waals surface area contributed by atoms with Crippen molar-refractivity contribution in [1.82, 2.24) is 4.90 Å². The quantitative estimate of drug-likeness (QED) is 0.720. The molecule has 0 aromatic carbocycles. The molecule has 0 saturated carbocycles. The molecule has 1 fully saturated rings. The first-order valence-electron chi connectivity index (χ1n) is 6.26. The molecule has 0 aliphatic carbocycles. The molecule has 0 radical (unpaired) electrons. The maximum absolute atomic E-state index is 12.0. The Labute approximate surface area is 107 Å². The Morgan fingerprint density at radius 3 is 2.47 bits per heavy atom. The minimum atomic E-state index is -1.05. The zero-order valence-electron chi connectivity index (χ0n) is 11.0. The largest absolute Gasteiger partial charge is 0.341 e. The molecule has 3 atom stereocenters. The molecule has 1 aliphatic rings. The predicted octanol–water partition coefficient (Wildman–Crippen LogP) is 1.82. The number of amides is 1. The summed E-state index contributed by atoms with van der Waals surface area (Å²) in [5.41, 5.74) is 0. The Morgan fingerprint density at radius 1 is 1.35 bits per heavy atom. The van der Waals surface area contributed by atoms with Crippen LogP contribution in [0.5, 0.6) is 0 Å². The fraction of sp³-hybridized carbons (Fsp3) is 0.769. The van der Waals surface area contributed by atoms with Crippen molar-refractivity contribution in [2.75, 3.05) is 24.6 Å². The highest BCUT2D eigenvalue weighted by Crippen LogP contribution is 2.20. The lowest BCUT2D eigenvalue weighted by atomic mass is 9.92. The van der Waals surface area contributed by atoms with Crippen molar-refractivity contribution in [2.24, 2.45) is 11.8 Å². The van der Waals surface area contributed by atoms with E-state index in [0.717, 1.165) is 13.1 Å². The van der Waals surface area contributed by atoms with Gasteiger partial charge in [-0.25, -0.2) is 0 Å². The Morgan fingerprint density at radius 2 is 1.94 bits per heavy atom. The van der Waals surface area contributed by atoms with Crippen molar-refractivity contribution in [2.45, 2.75) is 27.2 Å². The minimum Gasteiger partial charge on any atom is -0.341 e. The lowest BCUT2D eigenvalue weighted by Crippen LogP contribution is -2.44. The number of rotatable bonds is 4. The molecule has 1 rings (SSSR count). The molecule has 1 aliphatic heterocycles. The molecule has 0 N–H and O–H groups in total. The highest BCUT2D eigenvalue weighted by atomic mass is 32.2. The zero-order chi connectivity index (χ0) is 12.8. The summed E-state index contributed by atoms with van der Waals surface area (Å²) in [5.74, 6) is 1.83. The number of allylic oxidation sites excluding steroid dienone is 1. The fourth-order valence-corrected chi connectivity index (χ4v) is 3.34. The summed E-state index contributed by atoms with van der Waals surface area (Å²) in [5, 5.41) is 0. The number of hydrogen-bond donors (Lipinski definition) is 0. The summed E-state index contributed by atoms with van der Waals surface area (Å²) in [7, 11) is -1.05. The number of carbonyl (C=O) groups is 1. The van der Waals surface area contributed by atoms with E-state index >= 15 is 0 Å². The summed E-state index contributed by atoms with van der Waals surface area (Å²) in [4.78, 5) is 13.9. The number of hydrogen-bond acceptors (Lipinski definition) is 2. The lowest BCUT2D eigenvalue weighted by Gasteiger charge is -2.34. The molecule has 1 amide bonds. The van der Waals surface area contributed by atoms with Crippen LogP contribution in [0.3, 0.4) is 0 Å². The molecule has 0 aromatic heterocycles. The fourth-order valence-electron chi connectivity index (χ4n) is 2.36. The zero-order valence-corrected chi connectivity index (χ0v) is 11.8. The highest BCUT2D eigenvalue weighted by Gasteiger charge is 2.25. The van der Waals surface area contributed by atoms with Gasteiger partial charge in [0.15, 0.2) is 0 Å². The van der Waals surface area contributed by atoms with Crippen molar-refractivity contribution >= 4 is 16.7 Å². The van der Waals surface area contributed by atoms with Crippen LogP contribution >= 0.6 is 0 Å². The monoisotopic (exact) mass is 257 g/mol. The van der Waals surface area contributed by atoms with Crippen molar-refractivity contribution in [3.8, 4) is 0 Å². The van der Waals surface area contributed by atoms with Crippen molar-refractivity contribution in [3.63, 3.8) is 0 Å². The third-order valence-corrected chi connectivity index (χ3v) is 4.16. The average Bonchev–Trinajstić information content (AvgIpc) is 2.25. The van der Waals surface area contributed by atoms with Gasteiger partial charge in [-0.1, -0.05) is 26.0 Å². The molecule has 17 heavy (non-hydrogen) atoms. The van der Waals surface area contributed by atoms with Gasteiger partial charge in [0.2, 0.25) is 5.91 Å². The third kappa shape index (κ3) is 5.02. The van der Waals surface area contributed by atoms with Gasteiger partial charge in [0, 0.05) is 29.6 Å². The maximum Gasteiger partial charge on any atom is 0.235 e. The second-order valence-corrected chi connectivity index (χ2v) is 6.57. The summed E-state index contributed by atoms with van der Waals surface area (Å²) in [6, 6.07) is 0. The predicted molar refractivity (Wildman–Crippen MR) is 72.2 cm³/mol. The standard InChI is InChI=1S/C13H23NO2S/c1-4-5-6-17(16)10-13(15)14-8-11(2)7-12(3)9-14/h4-5,11-12H,6-10H2,1-3H3. The lowest BCUT2D eigenvalue weighted by molar-refractivity contribution is -0.131. The van der Waals surface area contributed by atoms with Crippen LogP contribution in [0.25, 0.3) is 0 Å². The number of nitrogens with zero attached hydrogens (tertiary/aromatic N) is 1. The Hall–Kier alpha value is -0.640. The summed E-state index contributed by atoms with van der Waals surface area (Å²) in [6.45, 7) is 7.89. The summed E-state index contributed by atoms with van der Waals surface area (Å²) in [6.07, 6.45) is 4.91.